The average molecular weight is 276 g/mol. The molecule has 1 heterocycles. The van der Waals surface area contributed by atoms with Crippen LogP contribution in [0.15, 0.2) is 30.3 Å². The summed E-state index contributed by atoms with van der Waals surface area (Å²) in [4.78, 5) is 2.59. The molecule has 0 saturated carbocycles. The Bertz CT molecular complexity index is 382. The first kappa shape index (κ1) is 15.5. The predicted octanol–water partition coefficient (Wildman–Crippen LogP) is 2.32. The van der Waals surface area contributed by atoms with E-state index in [1.54, 1.807) is 7.11 Å². The lowest BCUT2D eigenvalue weighted by molar-refractivity contribution is 0.0732. The zero-order valence-electron chi connectivity index (χ0n) is 13.0. The lowest BCUT2D eigenvalue weighted by atomic mass is 10.0. The van der Waals surface area contributed by atoms with E-state index in [4.69, 9.17) is 4.74 Å². The smallest absolute Gasteiger partial charge is 0.0615 e. The molecular weight excluding hydrogens is 248 g/mol. The third-order valence-corrected chi connectivity index (χ3v) is 4.29. The fourth-order valence-corrected chi connectivity index (χ4v) is 3.15. The van der Waals surface area contributed by atoms with Crippen LogP contribution in [-0.2, 0) is 11.2 Å². The van der Waals surface area contributed by atoms with Crippen LogP contribution in [0.1, 0.15) is 25.8 Å². The fourth-order valence-electron chi connectivity index (χ4n) is 3.15. The summed E-state index contributed by atoms with van der Waals surface area (Å²) in [5, 5.41) is 3.70. The summed E-state index contributed by atoms with van der Waals surface area (Å²) in [6.07, 6.45) is 2.31. The first-order chi connectivity index (χ1) is 9.70. The largest absolute Gasteiger partial charge is 0.383 e. The van der Waals surface area contributed by atoms with Crippen molar-refractivity contribution in [3.05, 3.63) is 35.9 Å². The Balaban J connectivity index is 1.99. The second-order valence-electron chi connectivity index (χ2n) is 5.98. The Morgan fingerprint density at radius 2 is 2.10 bits per heavy atom. The van der Waals surface area contributed by atoms with E-state index in [-0.39, 0.29) is 0 Å². The molecule has 20 heavy (non-hydrogen) atoms. The van der Waals surface area contributed by atoms with Gasteiger partial charge in [-0.2, -0.15) is 0 Å². The molecule has 2 rings (SSSR count). The van der Waals surface area contributed by atoms with Crippen molar-refractivity contribution in [1.82, 2.24) is 10.2 Å². The van der Waals surface area contributed by atoms with Crippen LogP contribution in [0.3, 0.4) is 0 Å². The van der Waals surface area contributed by atoms with Gasteiger partial charge in [0.15, 0.2) is 0 Å². The van der Waals surface area contributed by atoms with Crippen molar-refractivity contribution in [2.24, 2.45) is 0 Å². The van der Waals surface area contributed by atoms with Crippen LogP contribution < -0.4 is 5.32 Å². The summed E-state index contributed by atoms with van der Waals surface area (Å²) in [6.45, 7) is 7.61. The molecule has 1 fully saturated rings. The number of ether oxygens (including phenoxy) is 1. The molecule has 3 nitrogen and oxygen atoms in total. The highest BCUT2D eigenvalue weighted by Crippen LogP contribution is 2.15. The average Bonchev–Trinajstić information content (AvgIpc) is 2.62. The van der Waals surface area contributed by atoms with E-state index >= 15 is 0 Å². The van der Waals surface area contributed by atoms with Gasteiger partial charge < -0.3 is 10.1 Å². The molecule has 0 aromatic heterocycles. The van der Waals surface area contributed by atoms with Gasteiger partial charge >= 0.3 is 0 Å². The molecule has 1 saturated heterocycles. The third kappa shape index (κ3) is 4.30. The topological polar surface area (TPSA) is 24.5 Å². The lowest BCUT2D eigenvalue weighted by Gasteiger charge is -2.34. The van der Waals surface area contributed by atoms with Crippen molar-refractivity contribution in [3.63, 3.8) is 0 Å². The summed E-state index contributed by atoms with van der Waals surface area (Å²) in [5.41, 5.74) is 1.42. The minimum atomic E-state index is 0.480. The standard InChI is InChI=1S/C17H28N2O/c1-14-9-10-18-17(11-16-7-5-4-6-8-16)12-19(14)15(2)13-20-3/h4-8,14-15,17-18H,9-13H2,1-3H3. The minimum absolute atomic E-state index is 0.480. The van der Waals surface area contributed by atoms with Gasteiger partial charge in [-0.15, -0.1) is 0 Å². The molecule has 1 aromatic carbocycles. The highest BCUT2D eigenvalue weighted by molar-refractivity contribution is 5.16. The van der Waals surface area contributed by atoms with Gasteiger partial charge in [-0.1, -0.05) is 30.3 Å². The molecule has 0 amide bonds. The van der Waals surface area contributed by atoms with E-state index in [1.165, 1.54) is 12.0 Å². The van der Waals surface area contributed by atoms with Gasteiger partial charge in [0.1, 0.15) is 0 Å². The van der Waals surface area contributed by atoms with Crippen LogP contribution in [0, 0.1) is 0 Å². The molecule has 112 valence electrons. The van der Waals surface area contributed by atoms with Gasteiger partial charge in [0.2, 0.25) is 0 Å². The zero-order chi connectivity index (χ0) is 14.4. The monoisotopic (exact) mass is 276 g/mol. The maximum Gasteiger partial charge on any atom is 0.0615 e. The predicted molar refractivity (Wildman–Crippen MR) is 84.1 cm³/mol. The van der Waals surface area contributed by atoms with Crippen molar-refractivity contribution in [2.45, 2.75) is 44.8 Å². The highest BCUT2D eigenvalue weighted by Gasteiger charge is 2.26. The summed E-state index contributed by atoms with van der Waals surface area (Å²) in [6, 6.07) is 12.4. The first-order valence-electron chi connectivity index (χ1n) is 7.72. The van der Waals surface area contributed by atoms with E-state index in [0.717, 1.165) is 26.1 Å². The summed E-state index contributed by atoms with van der Waals surface area (Å²) in [5.74, 6) is 0. The summed E-state index contributed by atoms with van der Waals surface area (Å²) >= 11 is 0. The van der Waals surface area contributed by atoms with Gasteiger partial charge in [-0.3, -0.25) is 4.90 Å². The van der Waals surface area contributed by atoms with Crippen molar-refractivity contribution in [1.29, 1.82) is 0 Å². The van der Waals surface area contributed by atoms with E-state index in [1.807, 2.05) is 0 Å². The Labute approximate surface area is 123 Å². The normalized spacial score (nSPS) is 26.1. The van der Waals surface area contributed by atoms with Crippen LogP contribution in [-0.4, -0.2) is 49.8 Å². The van der Waals surface area contributed by atoms with Crippen LogP contribution in [0.25, 0.3) is 0 Å². The Kier molecular flexibility index (Phi) is 6.02. The molecule has 3 unspecified atom stereocenters. The molecule has 3 heteroatoms. The molecule has 1 N–H and O–H groups in total. The van der Waals surface area contributed by atoms with Crippen molar-refractivity contribution < 1.29 is 4.74 Å². The van der Waals surface area contributed by atoms with Crippen LogP contribution in [0.4, 0.5) is 0 Å². The number of nitrogens with one attached hydrogen (secondary N) is 1. The first-order valence-corrected chi connectivity index (χ1v) is 7.72. The Morgan fingerprint density at radius 1 is 1.35 bits per heavy atom. The fraction of sp³-hybridized carbons (Fsp3) is 0.647. The molecule has 0 bridgehead atoms. The van der Waals surface area contributed by atoms with Crippen molar-refractivity contribution in [2.75, 3.05) is 26.8 Å². The van der Waals surface area contributed by atoms with Crippen molar-refractivity contribution >= 4 is 0 Å². The summed E-state index contributed by atoms with van der Waals surface area (Å²) < 4.78 is 5.34. The quantitative estimate of drug-likeness (QED) is 0.893. The van der Waals surface area contributed by atoms with Gasteiger partial charge in [-0.25, -0.2) is 0 Å². The van der Waals surface area contributed by atoms with E-state index < -0.39 is 0 Å². The van der Waals surface area contributed by atoms with Crippen molar-refractivity contribution in [3.8, 4) is 0 Å². The van der Waals surface area contributed by atoms with E-state index in [2.05, 4.69) is 54.4 Å². The molecule has 3 atom stereocenters. The van der Waals surface area contributed by atoms with Gasteiger partial charge in [0, 0.05) is 31.8 Å². The highest BCUT2D eigenvalue weighted by atomic mass is 16.5. The van der Waals surface area contributed by atoms with Gasteiger partial charge in [-0.05, 0) is 38.8 Å². The Hall–Kier alpha value is -0.900. The number of hydrogen-bond donors (Lipinski definition) is 1. The summed E-state index contributed by atoms with van der Waals surface area (Å²) in [7, 11) is 1.79. The SMILES string of the molecule is COCC(C)N1CC(Cc2ccccc2)NCCC1C. The molecule has 0 radical (unpaired) electrons. The van der Waals surface area contributed by atoms with Gasteiger partial charge in [0.25, 0.3) is 0 Å². The van der Waals surface area contributed by atoms with E-state index in [9.17, 15) is 0 Å². The van der Waals surface area contributed by atoms with E-state index in [0.29, 0.717) is 18.1 Å². The molecule has 1 aliphatic rings. The van der Waals surface area contributed by atoms with Crippen LogP contribution >= 0.6 is 0 Å². The second kappa shape index (κ2) is 7.77. The molecule has 1 aromatic rings. The van der Waals surface area contributed by atoms with Crippen LogP contribution in [0.2, 0.25) is 0 Å². The number of benzene rings is 1. The Morgan fingerprint density at radius 3 is 2.80 bits per heavy atom. The lowest BCUT2D eigenvalue weighted by Crippen LogP contribution is -2.47. The van der Waals surface area contributed by atoms with Gasteiger partial charge in [0.05, 0.1) is 6.61 Å². The molecule has 0 aliphatic carbocycles. The number of rotatable bonds is 5. The molecule has 1 aliphatic heterocycles. The number of hydrogen-bond acceptors (Lipinski definition) is 3. The number of nitrogens with zero attached hydrogens (tertiary/aromatic N) is 1. The zero-order valence-corrected chi connectivity index (χ0v) is 13.0. The van der Waals surface area contributed by atoms with Crippen LogP contribution in [0.5, 0.6) is 0 Å². The molecular formula is C17H28N2O. The second-order valence-corrected chi connectivity index (χ2v) is 5.98. The molecule has 0 spiro atoms. The minimum Gasteiger partial charge on any atom is -0.383 e. The maximum atomic E-state index is 5.34. The third-order valence-electron chi connectivity index (χ3n) is 4.29. The maximum absolute atomic E-state index is 5.34. The number of methoxy groups -OCH3 is 1.